The van der Waals surface area contributed by atoms with Crippen LogP contribution in [0.2, 0.25) is 0 Å². The summed E-state index contributed by atoms with van der Waals surface area (Å²) in [4.78, 5) is 23.3. The Kier molecular flexibility index (Phi) is 8.32. The molecule has 0 bridgehead atoms. The summed E-state index contributed by atoms with van der Waals surface area (Å²) >= 11 is 0. The third-order valence-electron chi connectivity index (χ3n) is 2.92. The number of hydrazone groups is 1. The van der Waals surface area contributed by atoms with E-state index in [-0.39, 0.29) is 18.9 Å². The quantitative estimate of drug-likeness (QED) is 0.531. The van der Waals surface area contributed by atoms with Crippen LogP contribution in [0.1, 0.15) is 27.2 Å². The minimum atomic E-state index is -0.396. The molecular weight excluding hydrogens is 310 g/mol. The van der Waals surface area contributed by atoms with Gasteiger partial charge in [0.2, 0.25) is 5.91 Å². The number of amides is 2. The molecule has 132 valence electrons. The third-order valence-corrected chi connectivity index (χ3v) is 2.92. The van der Waals surface area contributed by atoms with Gasteiger partial charge in [-0.1, -0.05) is 13.8 Å². The summed E-state index contributed by atoms with van der Waals surface area (Å²) in [7, 11) is 1.58. The third kappa shape index (κ3) is 8.17. The maximum atomic E-state index is 11.7. The molecular formula is C17H25N3O4. The van der Waals surface area contributed by atoms with Crippen molar-refractivity contribution in [2.24, 2.45) is 11.0 Å². The van der Waals surface area contributed by atoms with Crippen molar-refractivity contribution >= 4 is 17.5 Å². The molecule has 0 atom stereocenters. The average molecular weight is 335 g/mol. The molecule has 1 aromatic carbocycles. The molecule has 1 aromatic rings. The van der Waals surface area contributed by atoms with Crippen LogP contribution in [-0.2, 0) is 9.59 Å². The first-order chi connectivity index (χ1) is 11.4. The normalized spacial score (nSPS) is 11.1. The molecule has 0 saturated carbocycles. The van der Waals surface area contributed by atoms with Crippen LogP contribution in [0, 0.1) is 5.92 Å². The van der Waals surface area contributed by atoms with E-state index in [0.717, 1.165) is 0 Å². The number of hydrogen-bond donors (Lipinski definition) is 2. The van der Waals surface area contributed by atoms with Crippen molar-refractivity contribution in [2.75, 3.05) is 20.3 Å². The molecule has 0 aromatic heterocycles. The zero-order valence-corrected chi connectivity index (χ0v) is 14.6. The predicted octanol–water partition coefficient (Wildman–Crippen LogP) is 1.73. The molecule has 0 unspecified atom stereocenters. The van der Waals surface area contributed by atoms with Gasteiger partial charge in [-0.3, -0.25) is 9.59 Å². The van der Waals surface area contributed by atoms with Crippen molar-refractivity contribution in [3.8, 4) is 11.5 Å². The summed E-state index contributed by atoms with van der Waals surface area (Å²) in [6.45, 7) is 6.17. The second-order valence-corrected chi connectivity index (χ2v) is 5.72. The topological polar surface area (TPSA) is 89.0 Å². The Hall–Kier alpha value is -2.57. The Bertz CT molecular complexity index is 568. The number of ether oxygens (including phenoxy) is 2. The lowest BCUT2D eigenvalue weighted by atomic mass is 10.2. The van der Waals surface area contributed by atoms with Gasteiger partial charge in [-0.05, 0) is 37.1 Å². The molecule has 0 aliphatic heterocycles. The lowest BCUT2D eigenvalue weighted by Crippen LogP contribution is -2.30. The van der Waals surface area contributed by atoms with Crippen LogP contribution < -0.4 is 20.2 Å². The van der Waals surface area contributed by atoms with Crippen LogP contribution in [0.5, 0.6) is 11.5 Å². The van der Waals surface area contributed by atoms with Gasteiger partial charge < -0.3 is 14.8 Å². The molecule has 0 aliphatic carbocycles. The SMILES string of the molecule is COc1ccc(OCC(=O)N/N=C(\C)CC(=O)NCC(C)C)cc1. The number of benzene rings is 1. The Morgan fingerprint density at radius 1 is 1.12 bits per heavy atom. The fraction of sp³-hybridized carbons (Fsp3) is 0.471. The van der Waals surface area contributed by atoms with Gasteiger partial charge in [0.25, 0.3) is 5.91 Å². The van der Waals surface area contributed by atoms with E-state index >= 15 is 0 Å². The predicted molar refractivity (Wildman–Crippen MR) is 92.2 cm³/mol. The number of hydrogen-bond acceptors (Lipinski definition) is 5. The van der Waals surface area contributed by atoms with E-state index in [1.165, 1.54) is 0 Å². The van der Waals surface area contributed by atoms with Gasteiger partial charge in [0, 0.05) is 12.3 Å². The number of nitrogens with zero attached hydrogens (tertiary/aromatic N) is 1. The zero-order chi connectivity index (χ0) is 17.9. The highest BCUT2D eigenvalue weighted by molar-refractivity contribution is 6.00. The first kappa shape index (κ1) is 19.5. The van der Waals surface area contributed by atoms with Crippen LogP contribution in [-0.4, -0.2) is 37.8 Å². The molecule has 0 saturated heterocycles. The van der Waals surface area contributed by atoms with Crippen molar-refractivity contribution in [1.29, 1.82) is 0 Å². The number of methoxy groups -OCH3 is 1. The maximum absolute atomic E-state index is 11.7. The first-order valence-electron chi connectivity index (χ1n) is 7.76. The van der Waals surface area contributed by atoms with Gasteiger partial charge in [0.05, 0.1) is 13.5 Å². The minimum absolute atomic E-state index is 0.117. The summed E-state index contributed by atoms with van der Waals surface area (Å²) in [6, 6.07) is 6.90. The van der Waals surface area contributed by atoms with E-state index in [9.17, 15) is 9.59 Å². The van der Waals surface area contributed by atoms with Gasteiger partial charge in [0.15, 0.2) is 6.61 Å². The molecule has 0 heterocycles. The largest absolute Gasteiger partial charge is 0.497 e. The standard InChI is InChI=1S/C17H25N3O4/c1-12(2)10-18-16(21)9-13(3)19-20-17(22)11-24-15-7-5-14(23-4)6-8-15/h5-8,12H,9-11H2,1-4H3,(H,18,21)(H,20,22)/b19-13+. The van der Waals surface area contributed by atoms with E-state index in [4.69, 9.17) is 9.47 Å². The number of nitrogens with one attached hydrogen (secondary N) is 2. The second-order valence-electron chi connectivity index (χ2n) is 5.72. The zero-order valence-electron chi connectivity index (χ0n) is 14.6. The van der Waals surface area contributed by atoms with Crippen molar-refractivity contribution in [3.63, 3.8) is 0 Å². The van der Waals surface area contributed by atoms with E-state index in [0.29, 0.717) is 29.7 Å². The van der Waals surface area contributed by atoms with Crippen LogP contribution in [0.3, 0.4) is 0 Å². The lowest BCUT2D eigenvalue weighted by molar-refractivity contribution is -0.123. The molecule has 0 fully saturated rings. The highest BCUT2D eigenvalue weighted by Crippen LogP contribution is 2.16. The summed E-state index contributed by atoms with van der Waals surface area (Å²) < 4.78 is 10.4. The fourth-order valence-electron chi connectivity index (χ4n) is 1.66. The molecule has 1 rings (SSSR count). The molecule has 0 spiro atoms. The number of carbonyl (C=O) groups excluding carboxylic acids is 2. The maximum Gasteiger partial charge on any atom is 0.277 e. The van der Waals surface area contributed by atoms with Crippen LogP contribution in [0.15, 0.2) is 29.4 Å². The highest BCUT2D eigenvalue weighted by Gasteiger charge is 2.06. The summed E-state index contributed by atoms with van der Waals surface area (Å²) in [5.74, 6) is 1.14. The summed E-state index contributed by atoms with van der Waals surface area (Å²) in [5, 5.41) is 6.68. The van der Waals surface area contributed by atoms with Crippen molar-refractivity contribution in [1.82, 2.24) is 10.7 Å². The average Bonchev–Trinajstić information content (AvgIpc) is 2.56. The van der Waals surface area contributed by atoms with Crippen molar-refractivity contribution < 1.29 is 19.1 Å². The summed E-state index contributed by atoms with van der Waals surface area (Å²) in [6.07, 6.45) is 0.145. The van der Waals surface area contributed by atoms with Crippen LogP contribution in [0.4, 0.5) is 0 Å². The Labute approximate surface area is 142 Å². The lowest BCUT2D eigenvalue weighted by Gasteiger charge is -2.08. The van der Waals surface area contributed by atoms with Crippen LogP contribution in [0.25, 0.3) is 0 Å². The van der Waals surface area contributed by atoms with E-state index in [1.54, 1.807) is 38.3 Å². The van der Waals surface area contributed by atoms with Gasteiger partial charge in [-0.2, -0.15) is 5.10 Å². The molecule has 2 amide bonds. The number of carbonyl (C=O) groups is 2. The van der Waals surface area contributed by atoms with Crippen molar-refractivity contribution in [2.45, 2.75) is 27.2 Å². The molecule has 24 heavy (non-hydrogen) atoms. The molecule has 7 nitrogen and oxygen atoms in total. The number of rotatable bonds is 9. The molecule has 0 aliphatic rings. The summed E-state index contributed by atoms with van der Waals surface area (Å²) in [5.41, 5.74) is 2.89. The van der Waals surface area contributed by atoms with E-state index in [1.807, 2.05) is 13.8 Å². The second kappa shape index (κ2) is 10.3. The molecule has 7 heteroatoms. The fourth-order valence-corrected chi connectivity index (χ4v) is 1.66. The monoisotopic (exact) mass is 335 g/mol. The first-order valence-corrected chi connectivity index (χ1v) is 7.76. The van der Waals surface area contributed by atoms with Gasteiger partial charge in [-0.15, -0.1) is 0 Å². The highest BCUT2D eigenvalue weighted by atomic mass is 16.5. The van der Waals surface area contributed by atoms with Gasteiger partial charge in [-0.25, -0.2) is 5.43 Å². The van der Waals surface area contributed by atoms with E-state index in [2.05, 4.69) is 15.8 Å². The van der Waals surface area contributed by atoms with Gasteiger partial charge >= 0.3 is 0 Å². The Morgan fingerprint density at radius 3 is 2.33 bits per heavy atom. The Balaban J connectivity index is 2.31. The smallest absolute Gasteiger partial charge is 0.277 e. The van der Waals surface area contributed by atoms with E-state index < -0.39 is 5.91 Å². The molecule has 0 radical (unpaired) electrons. The van der Waals surface area contributed by atoms with Crippen molar-refractivity contribution in [3.05, 3.63) is 24.3 Å². The Morgan fingerprint density at radius 2 is 1.75 bits per heavy atom. The minimum Gasteiger partial charge on any atom is -0.497 e. The molecule has 2 N–H and O–H groups in total. The van der Waals surface area contributed by atoms with Crippen LogP contribution >= 0.6 is 0 Å². The van der Waals surface area contributed by atoms with Gasteiger partial charge in [0.1, 0.15) is 11.5 Å².